The summed E-state index contributed by atoms with van der Waals surface area (Å²) in [7, 11) is 0. The summed E-state index contributed by atoms with van der Waals surface area (Å²) in [5, 5.41) is 0. The number of rotatable bonds is 64. The molecule has 0 heterocycles. The summed E-state index contributed by atoms with van der Waals surface area (Å²) < 4.78 is 17.0. The molecule has 1 atom stereocenters. The van der Waals surface area contributed by atoms with Crippen LogP contribution in [0.25, 0.3) is 0 Å². The van der Waals surface area contributed by atoms with Gasteiger partial charge in [0.05, 0.1) is 0 Å². The van der Waals surface area contributed by atoms with Crippen LogP contribution in [0.15, 0.2) is 72.9 Å². The summed E-state index contributed by atoms with van der Waals surface area (Å²) in [6.45, 7) is 6.58. The quantitative estimate of drug-likeness (QED) is 0.0261. The molecular weight excluding hydrogens is 985 g/mol. The van der Waals surface area contributed by atoms with Crippen molar-refractivity contribution >= 4 is 17.9 Å². The highest BCUT2D eigenvalue weighted by atomic mass is 16.6. The van der Waals surface area contributed by atoms with E-state index in [9.17, 15) is 14.4 Å². The van der Waals surface area contributed by atoms with E-state index in [4.69, 9.17) is 14.2 Å². The van der Waals surface area contributed by atoms with Crippen molar-refractivity contribution in [2.75, 3.05) is 13.2 Å². The summed E-state index contributed by atoms with van der Waals surface area (Å²) in [6.07, 6.45) is 89.3. The topological polar surface area (TPSA) is 78.9 Å². The highest BCUT2D eigenvalue weighted by Crippen LogP contribution is 2.18. The maximum absolute atomic E-state index is 12.9. The van der Waals surface area contributed by atoms with Gasteiger partial charge in [-0.15, -0.1) is 0 Å². The molecule has 0 radical (unpaired) electrons. The second kappa shape index (κ2) is 68.3. The second-order valence-electron chi connectivity index (χ2n) is 23.4. The van der Waals surface area contributed by atoms with Crippen LogP contribution in [0.5, 0.6) is 0 Å². The van der Waals surface area contributed by atoms with Crippen LogP contribution in [0.1, 0.15) is 361 Å². The largest absolute Gasteiger partial charge is 0.462 e. The molecule has 0 spiro atoms. The Morgan fingerprint density at radius 2 is 0.487 bits per heavy atom. The number of ether oxygens (including phenoxy) is 3. The van der Waals surface area contributed by atoms with Gasteiger partial charge in [0.1, 0.15) is 13.2 Å². The van der Waals surface area contributed by atoms with Gasteiger partial charge in [0, 0.05) is 19.3 Å². The number of unbranched alkanes of at least 4 members (excludes halogenated alkanes) is 41. The van der Waals surface area contributed by atoms with Gasteiger partial charge >= 0.3 is 17.9 Å². The summed E-state index contributed by atoms with van der Waals surface area (Å²) in [5.74, 6) is -0.845. The van der Waals surface area contributed by atoms with Crippen LogP contribution in [0.4, 0.5) is 0 Å². The van der Waals surface area contributed by atoms with E-state index in [-0.39, 0.29) is 31.1 Å². The standard InChI is InChI=1S/C74H132O6/c1-4-7-10-13-16-19-22-25-27-29-30-31-32-33-34-35-36-37-38-39-40-41-42-43-44-46-47-49-52-55-58-61-64-67-73(76)79-70-71(69-78-72(75)66-63-60-57-54-51-24-21-18-15-12-9-6-3)80-74(77)68-65-62-59-56-53-50-48-45-28-26-23-20-17-14-11-8-5-2/h7,10,16,19,25,27,30-31,33-34,36-37,71H,4-6,8-9,11-15,17-18,20-24,26,28-29,32,35,38-70H2,1-3H3/b10-7-,19-16-,27-25-,31-30-,34-33-,37-36-. The number of hydrogen-bond acceptors (Lipinski definition) is 6. The van der Waals surface area contributed by atoms with Gasteiger partial charge in [-0.1, -0.05) is 344 Å². The Kier molecular flexibility index (Phi) is 65.7. The molecule has 0 aromatic heterocycles. The molecule has 0 N–H and O–H groups in total. The van der Waals surface area contributed by atoms with E-state index >= 15 is 0 Å². The van der Waals surface area contributed by atoms with E-state index in [0.717, 1.165) is 96.3 Å². The summed E-state index contributed by atoms with van der Waals surface area (Å²) in [5.41, 5.74) is 0. The lowest BCUT2D eigenvalue weighted by Gasteiger charge is -2.18. The minimum Gasteiger partial charge on any atom is -0.462 e. The van der Waals surface area contributed by atoms with Crippen LogP contribution in [0.3, 0.4) is 0 Å². The van der Waals surface area contributed by atoms with E-state index in [1.54, 1.807) is 0 Å². The van der Waals surface area contributed by atoms with Crippen molar-refractivity contribution in [1.82, 2.24) is 0 Å². The fourth-order valence-corrected chi connectivity index (χ4v) is 10.3. The van der Waals surface area contributed by atoms with Crippen molar-refractivity contribution < 1.29 is 28.6 Å². The van der Waals surface area contributed by atoms with Gasteiger partial charge in [-0.2, -0.15) is 0 Å². The first-order chi connectivity index (χ1) is 39.5. The SMILES string of the molecule is CC/C=C\C/C=C\C/C=C\C/C=C\C/C=C\C/C=C\CCCCCCCCCCCCCCCCC(=O)OCC(COC(=O)CCCCCCCCCCCCCC)OC(=O)CCCCCCCCCCCCCCCCCCC. The number of allylic oxidation sites excluding steroid dienone is 12. The van der Waals surface area contributed by atoms with Crippen molar-refractivity contribution in [2.45, 2.75) is 367 Å². The predicted molar refractivity (Wildman–Crippen MR) is 348 cm³/mol. The van der Waals surface area contributed by atoms with Gasteiger partial charge < -0.3 is 14.2 Å². The number of carbonyl (C=O) groups excluding carboxylic acids is 3. The Labute approximate surface area is 497 Å². The zero-order valence-corrected chi connectivity index (χ0v) is 53.3. The Hall–Kier alpha value is -3.15. The third-order valence-electron chi connectivity index (χ3n) is 15.5. The third-order valence-corrected chi connectivity index (χ3v) is 15.5. The number of carbonyl (C=O) groups is 3. The van der Waals surface area contributed by atoms with Gasteiger partial charge in [-0.25, -0.2) is 0 Å². The molecule has 1 unspecified atom stereocenters. The average Bonchev–Trinajstić information content (AvgIpc) is 3.46. The predicted octanol–water partition coefficient (Wildman–Crippen LogP) is 24.1. The van der Waals surface area contributed by atoms with Crippen molar-refractivity contribution in [2.24, 2.45) is 0 Å². The maximum Gasteiger partial charge on any atom is 0.306 e. The average molecular weight is 1120 g/mol. The molecule has 0 rings (SSSR count). The highest BCUT2D eigenvalue weighted by molar-refractivity contribution is 5.71. The number of hydrogen-bond donors (Lipinski definition) is 0. The van der Waals surface area contributed by atoms with Gasteiger partial charge in [0.2, 0.25) is 0 Å². The fourth-order valence-electron chi connectivity index (χ4n) is 10.3. The van der Waals surface area contributed by atoms with Crippen LogP contribution >= 0.6 is 0 Å². The maximum atomic E-state index is 12.9. The zero-order chi connectivity index (χ0) is 57.8. The van der Waals surface area contributed by atoms with Crippen LogP contribution in [0, 0.1) is 0 Å². The molecule has 0 saturated carbocycles. The second-order valence-corrected chi connectivity index (χ2v) is 23.4. The van der Waals surface area contributed by atoms with Crippen molar-refractivity contribution in [3.8, 4) is 0 Å². The molecular formula is C74H132O6. The summed E-state index contributed by atoms with van der Waals surface area (Å²) >= 11 is 0. The molecule has 0 saturated heterocycles. The lowest BCUT2D eigenvalue weighted by Crippen LogP contribution is -2.30. The third kappa shape index (κ3) is 65.7. The van der Waals surface area contributed by atoms with E-state index in [1.165, 1.54) is 225 Å². The van der Waals surface area contributed by atoms with Crippen LogP contribution in [-0.4, -0.2) is 37.2 Å². The first-order valence-electron chi connectivity index (χ1n) is 34.9. The van der Waals surface area contributed by atoms with Crippen molar-refractivity contribution in [3.63, 3.8) is 0 Å². The molecule has 0 aliphatic rings. The molecule has 0 aliphatic heterocycles. The van der Waals surface area contributed by atoms with Gasteiger partial charge in [0.25, 0.3) is 0 Å². The van der Waals surface area contributed by atoms with Crippen LogP contribution in [-0.2, 0) is 28.6 Å². The molecule has 80 heavy (non-hydrogen) atoms. The molecule has 6 heteroatoms. The fraction of sp³-hybridized carbons (Fsp3) is 0.797. The van der Waals surface area contributed by atoms with E-state index in [0.29, 0.717) is 19.3 Å². The smallest absolute Gasteiger partial charge is 0.306 e. The minimum atomic E-state index is -0.771. The lowest BCUT2D eigenvalue weighted by atomic mass is 10.0. The van der Waals surface area contributed by atoms with Crippen molar-refractivity contribution in [1.29, 1.82) is 0 Å². The van der Waals surface area contributed by atoms with Gasteiger partial charge in [-0.3, -0.25) is 14.4 Å². The summed E-state index contributed by atoms with van der Waals surface area (Å²) in [4.78, 5) is 38.3. The van der Waals surface area contributed by atoms with Crippen molar-refractivity contribution in [3.05, 3.63) is 72.9 Å². The normalized spacial score (nSPS) is 12.5. The molecule has 0 aromatic carbocycles. The summed E-state index contributed by atoms with van der Waals surface area (Å²) in [6, 6.07) is 0. The van der Waals surface area contributed by atoms with Crippen LogP contribution in [0.2, 0.25) is 0 Å². The molecule has 464 valence electrons. The monoisotopic (exact) mass is 1120 g/mol. The molecule has 0 aromatic rings. The van der Waals surface area contributed by atoms with Crippen LogP contribution < -0.4 is 0 Å². The Bertz CT molecular complexity index is 1470. The Morgan fingerprint density at radius 3 is 0.762 bits per heavy atom. The lowest BCUT2D eigenvalue weighted by molar-refractivity contribution is -0.167. The number of esters is 3. The molecule has 0 amide bonds. The molecule has 0 bridgehead atoms. The minimum absolute atomic E-state index is 0.0680. The first-order valence-corrected chi connectivity index (χ1v) is 34.9. The van der Waals surface area contributed by atoms with Gasteiger partial charge in [0.15, 0.2) is 6.10 Å². The first kappa shape index (κ1) is 76.9. The molecule has 0 fully saturated rings. The van der Waals surface area contributed by atoms with E-state index < -0.39 is 6.10 Å². The Balaban J connectivity index is 4.15. The van der Waals surface area contributed by atoms with E-state index in [2.05, 4.69) is 93.7 Å². The van der Waals surface area contributed by atoms with Gasteiger partial charge in [-0.05, 0) is 70.6 Å². The zero-order valence-electron chi connectivity index (χ0n) is 53.3. The molecule has 6 nitrogen and oxygen atoms in total. The Morgan fingerprint density at radius 1 is 0.263 bits per heavy atom. The highest BCUT2D eigenvalue weighted by Gasteiger charge is 2.19. The van der Waals surface area contributed by atoms with E-state index in [1.807, 2.05) is 0 Å². The molecule has 0 aliphatic carbocycles.